The number of nitrogens with two attached hydrogens (primary N) is 1. The first-order chi connectivity index (χ1) is 13.2. The number of carbonyl (C=O) groups is 3. The molecule has 4 N–H and O–H groups in total. The minimum atomic E-state index is -1.10. The van der Waals surface area contributed by atoms with Gasteiger partial charge in [0.2, 0.25) is 0 Å². The van der Waals surface area contributed by atoms with Crippen LogP contribution in [0.25, 0.3) is 0 Å². The Bertz CT molecular complexity index is 843. The monoisotopic (exact) mass is 407 g/mol. The highest BCUT2D eigenvalue weighted by atomic mass is 35.5. The van der Waals surface area contributed by atoms with Crippen LogP contribution in [0.15, 0.2) is 48.5 Å². The third-order valence-electron chi connectivity index (χ3n) is 3.75. The lowest BCUT2D eigenvalue weighted by molar-refractivity contribution is -0.153. The van der Waals surface area contributed by atoms with Gasteiger partial charge in [-0.1, -0.05) is 23.7 Å². The van der Waals surface area contributed by atoms with Crippen molar-refractivity contribution in [3.8, 4) is 0 Å². The number of rotatable bonds is 7. The van der Waals surface area contributed by atoms with Gasteiger partial charge >= 0.3 is 12.0 Å². The molecule has 0 saturated heterocycles. The van der Waals surface area contributed by atoms with Crippen LogP contribution in [0.3, 0.4) is 0 Å². The number of carbonyl (C=O) groups excluding carboxylic acids is 3. The van der Waals surface area contributed by atoms with Gasteiger partial charge in [-0.05, 0) is 48.9 Å². The summed E-state index contributed by atoms with van der Waals surface area (Å²) in [5.41, 5.74) is 6.13. The maximum absolute atomic E-state index is 12.9. The highest BCUT2D eigenvalue weighted by molar-refractivity contribution is 6.30. The molecule has 0 aliphatic rings. The fourth-order valence-electron chi connectivity index (χ4n) is 2.36. The second-order valence-corrected chi connectivity index (χ2v) is 6.38. The molecule has 148 valence electrons. The second kappa shape index (κ2) is 9.70. The molecule has 2 rings (SSSR count). The van der Waals surface area contributed by atoms with Crippen molar-refractivity contribution >= 4 is 35.2 Å². The summed E-state index contributed by atoms with van der Waals surface area (Å²) in [7, 11) is 0. The van der Waals surface area contributed by atoms with Crippen molar-refractivity contribution in [1.29, 1.82) is 0 Å². The van der Waals surface area contributed by atoms with Crippen LogP contribution in [0, 0.1) is 5.82 Å². The summed E-state index contributed by atoms with van der Waals surface area (Å²) < 4.78 is 18.0. The predicted molar refractivity (Wildman–Crippen MR) is 102 cm³/mol. The molecule has 7 nitrogen and oxygen atoms in total. The van der Waals surface area contributed by atoms with E-state index in [1.54, 1.807) is 24.3 Å². The first-order valence-corrected chi connectivity index (χ1v) is 8.69. The Morgan fingerprint density at radius 3 is 2.29 bits per heavy atom. The Morgan fingerprint density at radius 2 is 1.71 bits per heavy atom. The van der Waals surface area contributed by atoms with E-state index in [-0.39, 0.29) is 6.42 Å². The van der Waals surface area contributed by atoms with Crippen LogP contribution >= 0.6 is 11.6 Å². The van der Waals surface area contributed by atoms with Gasteiger partial charge in [-0.2, -0.15) is 0 Å². The molecule has 2 aromatic rings. The normalized spacial score (nSPS) is 12.5. The number of esters is 1. The molecular formula is C19H19ClFN3O4. The third kappa shape index (κ3) is 6.55. The average molecular weight is 408 g/mol. The minimum absolute atomic E-state index is 0.237. The molecule has 28 heavy (non-hydrogen) atoms. The van der Waals surface area contributed by atoms with Crippen LogP contribution in [0.4, 0.5) is 14.9 Å². The topological polar surface area (TPSA) is 111 Å². The highest BCUT2D eigenvalue weighted by Crippen LogP contribution is 2.20. The Balaban J connectivity index is 1.96. The lowest BCUT2D eigenvalue weighted by Gasteiger charge is -2.19. The maximum Gasteiger partial charge on any atom is 0.312 e. The number of primary amides is 1. The quantitative estimate of drug-likeness (QED) is 0.612. The van der Waals surface area contributed by atoms with Gasteiger partial charge in [-0.3, -0.25) is 9.59 Å². The molecule has 0 fully saturated rings. The fourth-order valence-corrected chi connectivity index (χ4v) is 2.49. The van der Waals surface area contributed by atoms with Crippen molar-refractivity contribution in [2.45, 2.75) is 25.5 Å². The zero-order valence-corrected chi connectivity index (χ0v) is 15.7. The van der Waals surface area contributed by atoms with Gasteiger partial charge in [0.25, 0.3) is 5.91 Å². The molecule has 0 spiro atoms. The summed E-state index contributed by atoms with van der Waals surface area (Å²) in [6.45, 7) is 1.40. The molecule has 3 amide bonds. The SMILES string of the molecule is C[C@H](OC(=O)C[C@@H](NC(N)=O)c1ccc(Cl)cc1)C(=O)Nc1ccc(F)cc1. The van der Waals surface area contributed by atoms with Crippen molar-refractivity contribution in [3.63, 3.8) is 0 Å². The first-order valence-electron chi connectivity index (χ1n) is 8.32. The van der Waals surface area contributed by atoms with Gasteiger partial charge in [0.1, 0.15) is 5.82 Å². The predicted octanol–water partition coefficient (Wildman–Crippen LogP) is 3.15. The van der Waals surface area contributed by atoms with E-state index in [2.05, 4.69) is 10.6 Å². The zero-order valence-electron chi connectivity index (χ0n) is 14.9. The highest BCUT2D eigenvalue weighted by Gasteiger charge is 2.23. The molecule has 0 aliphatic heterocycles. The molecule has 0 saturated carbocycles. The van der Waals surface area contributed by atoms with Crippen molar-refractivity contribution in [3.05, 3.63) is 64.9 Å². The molecule has 0 aliphatic carbocycles. The third-order valence-corrected chi connectivity index (χ3v) is 4.00. The number of hydrogen-bond acceptors (Lipinski definition) is 4. The van der Waals surface area contributed by atoms with Crippen LogP contribution in [0.1, 0.15) is 24.9 Å². The Kier molecular flexibility index (Phi) is 7.34. The number of nitrogens with one attached hydrogen (secondary N) is 2. The van der Waals surface area contributed by atoms with E-state index in [4.69, 9.17) is 22.1 Å². The summed E-state index contributed by atoms with van der Waals surface area (Å²) in [6.07, 6.45) is -1.34. The van der Waals surface area contributed by atoms with Gasteiger partial charge in [0, 0.05) is 10.7 Å². The summed E-state index contributed by atoms with van der Waals surface area (Å²) in [4.78, 5) is 35.6. The molecule has 9 heteroatoms. The number of ether oxygens (including phenoxy) is 1. The van der Waals surface area contributed by atoms with Crippen LogP contribution in [-0.2, 0) is 14.3 Å². The second-order valence-electron chi connectivity index (χ2n) is 5.95. The number of urea groups is 1. The number of amides is 3. The van der Waals surface area contributed by atoms with Gasteiger partial charge in [-0.25, -0.2) is 9.18 Å². The van der Waals surface area contributed by atoms with Gasteiger partial charge in [0.05, 0.1) is 12.5 Å². The van der Waals surface area contributed by atoms with E-state index in [1.165, 1.54) is 31.2 Å². The summed E-state index contributed by atoms with van der Waals surface area (Å²) >= 11 is 5.84. The van der Waals surface area contributed by atoms with Crippen LogP contribution in [-0.4, -0.2) is 24.0 Å². The molecule has 2 atom stereocenters. The van der Waals surface area contributed by atoms with E-state index in [9.17, 15) is 18.8 Å². The van der Waals surface area contributed by atoms with Crippen molar-refractivity contribution in [1.82, 2.24) is 5.32 Å². The largest absolute Gasteiger partial charge is 0.452 e. The fraction of sp³-hybridized carbons (Fsp3) is 0.211. The average Bonchev–Trinajstić information content (AvgIpc) is 2.63. The molecule has 0 radical (unpaired) electrons. The van der Waals surface area contributed by atoms with Crippen molar-refractivity contribution in [2.75, 3.05) is 5.32 Å². The molecule has 2 aromatic carbocycles. The summed E-state index contributed by atoms with van der Waals surface area (Å²) in [5.74, 6) is -1.73. The van der Waals surface area contributed by atoms with E-state index < -0.39 is 35.9 Å². The van der Waals surface area contributed by atoms with E-state index >= 15 is 0 Å². The summed E-state index contributed by atoms with van der Waals surface area (Å²) in [6, 6.07) is 10.1. The zero-order chi connectivity index (χ0) is 20.7. The Hall–Kier alpha value is -3.13. The number of hydrogen-bond donors (Lipinski definition) is 3. The van der Waals surface area contributed by atoms with E-state index in [0.29, 0.717) is 16.3 Å². The summed E-state index contributed by atoms with van der Waals surface area (Å²) in [5, 5.41) is 5.46. The van der Waals surface area contributed by atoms with E-state index in [1.807, 2.05) is 0 Å². The molecule has 0 bridgehead atoms. The first kappa shape index (κ1) is 21.2. The standard InChI is InChI=1S/C19H19ClFN3O4/c1-11(18(26)23-15-8-6-14(21)7-9-15)28-17(25)10-16(24-19(22)27)12-2-4-13(20)5-3-12/h2-9,11,16H,10H2,1H3,(H,23,26)(H3,22,24,27)/t11-,16+/m0/s1. The van der Waals surface area contributed by atoms with Crippen molar-refractivity contribution < 1.29 is 23.5 Å². The number of benzene rings is 2. The molecule has 0 heterocycles. The Labute approximate surface area is 166 Å². The lowest BCUT2D eigenvalue weighted by atomic mass is 10.0. The van der Waals surface area contributed by atoms with Gasteiger partial charge < -0.3 is 21.1 Å². The van der Waals surface area contributed by atoms with Gasteiger partial charge in [-0.15, -0.1) is 0 Å². The molecular weight excluding hydrogens is 389 g/mol. The number of anilines is 1. The van der Waals surface area contributed by atoms with Crippen molar-refractivity contribution in [2.24, 2.45) is 5.73 Å². The Morgan fingerprint density at radius 1 is 1.11 bits per heavy atom. The molecule has 0 aromatic heterocycles. The van der Waals surface area contributed by atoms with Gasteiger partial charge in [0.15, 0.2) is 6.10 Å². The van der Waals surface area contributed by atoms with Crippen LogP contribution in [0.2, 0.25) is 5.02 Å². The maximum atomic E-state index is 12.9. The van der Waals surface area contributed by atoms with E-state index in [0.717, 1.165) is 0 Å². The molecule has 0 unspecified atom stereocenters. The minimum Gasteiger partial charge on any atom is -0.452 e. The van der Waals surface area contributed by atoms with Crippen LogP contribution < -0.4 is 16.4 Å². The van der Waals surface area contributed by atoms with Crippen LogP contribution in [0.5, 0.6) is 0 Å². The number of halogens is 2. The lowest BCUT2D eigenvalue weighted by Crippen LogP contribution is -2.36. The smallest absolute Gasteiger partial charge is 0.312 e.